The van der Waals surface area contributed by atoms with Crippen LogP contribution in [0.1, 0.15) is 21.5 Å². The molecule has 0 aliphatic heterocycles. The molecule has 0 saturated carbocycles. The Bertz CT molecular complexity index is 1140. The van der Waals surface area contributed by atoms with Gasteiger partial charge in [-0.3, -0.25) is 4.72 Å². The van der Waals surface area contributed by atoms with E-state index in [9.17, 15) is 18.3 Å². The number of rotatable bonds is 6. The van der Waals surface area contributed by atoms with E-state index in [0.29, 0.717) is 22.0 Å². The van der Waals surface area contributed by atoms with Gasteiger partial charge in [0.1, 0.15) is 6.33 Å². The molecular formula is C18H18N4O4S2. The van der Waals surface area contributed by atoms with Gasteiger partial charge in [0.05, 0.1) is 10.5 Å². The Balaban J connectivity index is 1.85. The van der Waals surface area contributed by atoms with Gasteiger partial charge < -0.3 is 9.67 Å². The van der Waals surface area contributed by atoms with Crippen molar-refractivity contribution in [3.8, 4) is 0 Å². The van der Waals surface area contributed by atoms with Crippen molar-refractivity contribution in [2.45, 2.75) is 28.8 Å². The summed E-state index contributed by atoms with van der Waals surface area (Å²) >= 11 is 1.40. The normalized spacial score (nSPS) is 11.4. The predicted octanol–water partition coefficient (Wildman–Crippen LogP) is 3.08. The van der Waals surface area contributed by atoms with E-state index in [0.717, 1.165) is 4.90 Å². The fourth-order valence-corrected chi connectivity index (χ4v) is 4.67. The molecule has 0 atom stereocenters. The molecule has 0 fully saturated rings. The van der Waals surface area contributed by atoms with Crippen LogP contribution in [0.25, 0.3) is 0 Å². The van der Waals surface area contributed by atoms with Crippen molar-refractivity contribution >= 4 is 33.4 Å². The number of carboxylic acid groups (broad SMARTS) is 1. The zero-order valence-corrected chi connectivity index (χ0v) is 17.0. The van der Waals surface area contributed by atoms with Crippen LogP contribution in [0.15, 0.2) is 57.7 Å². The third-order valence-corrected chi connectivity index (χ3v) is 6.71. The maximum Gasteiger partial charge on any atom is 0.335 e. The molecular weight excluding hydrogens is 400 g/mol. The highest BCUT2D eigenvalue weighted by Crippen LogP contribution is 2.28. The van der Waals surface area contributed by atoms with Crippen LogP contribution in [0.4, 0.5) is 5.69 Å². The molecule has 0 radical (unpaired) electrons. The summed E-state index contributed by atoms with van der Waals surface area (Å²) < 4.78 is 29.9. The van der Waals surface area contributed by atoms with Crippen molar-refractivity contribution in [2.24, 2.45) is 7.05 Å². The zero-order valence-electron chi connectivity index (χ0n) is 15.4. The minimum absolute atomic E-state index is 0.0533. The summed E-state index contributed by atoms with van der Waals surface area (Å²) in [5, 5.41) is 17.7. The number of aromatic carboxylic acids is 1. The highest BCUT2D eigenvalue weighted by atomic mass is 32.2. The Morgan fingerprint density at radius 2 is 1.86 bits per heavy atom. The lowest BCUT2D eigenvalue weighted by Gasteiger charge is -2.13. The number of nitrogens with zero attached hydrogens (tertiary/aromatic N) is 3. The topological polar surface area (TPSA) is 114 Å². The van der Waals surface area contributed by atoms with Gasteiger partial charge in [0.2, 0.25) is 0 Å². The van der Waals surface area contributed by atoms with Crippen LogP contribution in [0.2, 0.25) is 0 Å². The Kier molecular flexibility index (Phi) is 5.43. The minimum atomic E-state index is -3.94. The average Bonchev–Trinajstić information content (AvgIpc) is 3.03. The monoisotopic (exact) mass is 418 g/mol. The largest absolute Gasteiger partial charge is 0.478 e. The van der Waals surface area contributed by atoms with E-state index < -0.39 is 16.0 Å². The predicted molar refractivity (Wildman–Crippen MR) is 105 cm³/mol. The molecule has 8 nitrogen and oxygen atoms in total. The Morgan fingerprint density at radius 1 is 1.18 bits per heavy atom. The zero-order chi connectivity index (χ0) is 20.5. The van der Waals surface area contributed by atoms with E-state index in [1.54, 1.807) is 49.0 Å². The second-order valence-electron chi connectivity index (χ2n) is 6.18. The van der Waals surface area contributed by atoms with Gasteiger partial charge >= 0.3 is 5.97 Å². The molecule has 2 N–H and O–H groups in total. The molecule has 1 aromatic heterocycles. The molecule has 1 heterocycles. The second kappa shape index (κ2) is 7.64. The first-order valence-corrected chi connectivity index (χ1v) is 10.5. The van der Waals surface area contributed by atoms with Crippen LogP contribution < -0.4 is 4.72 Å². The van der Waals surface area contributed by atoms with Crippen LogP contribution in [0.3, 0.4) is 0 Å². The molecule has 3 rings (SSSR count). The number of benzene rings is 2. The first-order valence-electron chi connectivity index (χ1n) is 8.16. The van der Waals surface area contributed by atoms with Gasteiger partial charge in [-0.15, -0.1) is 10.2 Å². The third kappa shape index (κ3) is 4.18. The fraction of sp³-hybridized carbons (Fsp3) is 0.167. The molecule has 146 valence electrons. The van der Waals surface area contributed by atoms with Crippen LogP contribution in [0, 0.1) is 13.8 Å². The van der Waals surface area contributed by atoms with Gasteiger partial charge in [0, 0.05) is 17.6 Å². The van der Waals surface area contributed by atoms with Gasteiger partial charge in [-0.25, -0.2) is 13.2 Å². The summed E-state index contributed by atoms with van der Waals surface area (Å²) in [6, 6.07) is 9.44. The molecule has 0 saturated heterocycles. The molecule has 3 aromatic rings. The summed E-state index contributed by atoms with van der Waals surface area (Å²) in [6.45, 7) is 3.33. The van der Waals surface area contributed by atoms with Crippen LogP contribution in [-0.4, -0.2) is 34.3 Å². The quantitative estimate of drug-likeness (QED) is 0.632. The van der Waals surface area contributed by atoms with Crippen molar-refractivity contribution in [2.75, 3.05) is 4.72 Å². The smallest absolute Gasteiger partial charge is 0.335 e. The number of carbonyl (C=O) groups is 1. The van der Waals surface area contributed by atoms with Crippen LogP contribution in [-0.2, 0) is 17.1 Å². The van der Waals surface area contributed by atoms with E-state index in [-0.39, 0.29) is 10.5 Å². The Labute approximate surface area is 166 Å². The standard InChI is InChI=1S/C18H18N4O4S2/c1-11-8-13(17(23)24)9-16(12(11)2)28(25,26)21-14-4-6-15(7-5-14)27-18-20-19-10-22(18)3/h4-10,21H,1-3H3,(H,23,24). The average molecular weight is 419 g/mol. The number of sulfonamides is 1. The molecule has 0 aliphatic rings. The van der Waals surface area contributed by atoms with Crippen molar-refractivity contribution in [1.29, 1.82) is 0 Å². The second-order valence-corrected chi connectivity index (χ2v) is 8.87. The van der Waals surface area contributed by atoms with Crippen molar-refractivity contribution in [3.05, 3.63) is 59.4 Å². The van der Waals surface area contributed by atoms with Crippen molar-refractivity contribution in [3.63, 3.8) is 0 Å². The molecule has 0 unspecified atom stereocenters. The van der Waals surface area contributed by atoms with Crippen LogP contribution >= 0.6 is 11.8 Å². The first-order chi connectivity index (χ1) is 13.2. The lowest BCUT2D eigenvalue weighted by molar-refractivity contribution is 0.0696. The molecule has 0 aliphatic carbocycles. The van der Waals surface area contributed by atoms with Gasteiger partial charge in [-0.2, -0.15) is 0 Å². The summed E-state index contributed by atoms with van der Waals surface area (Å²) in [6.07, 6.45) is 1.60. The van der Waals surface area contributed by atoms with Crippen LogP contribution in [0.5, 0.6) is 0 Å². The molecule has 10 heteroatoms. The number of hydrogen-bond donors (Lipinski definition) is 2. The molecule has 0 spiro atoms. The van der Waals surface area contributed by atoms with E-state index in [1.807, 2.05) is 7.05 Å². The summed E-state index contributed by atoms with van der Waals surface area (Å²) in [5.41, 5.74) is 1.40. The van der Waals surface area contributed by atoms with Gasteiger partial charge in [-0.1, -0.05) is 0 Å². The Hall–Kier alpha value is -2.85. The van der Waals surface area contributed by atoms with Gasteiger partial charge in [0.15, 0.2) is 5.16 Å². The first kappa shape index (κ1) is 19.9. The van der Waals surface area contributed by atoms with E-state index in [2.05, 4.69) is 14.9 Å². The van der Waals surface area contributed by atoms with Gasteiger partial charge in [-0.05, 0) is 73.1 Å². The Morgan fingerprint density at radius 3 is 2.43 bits per heavy atom. The lowest BCUT2D eigenvalue weighted by atomic mass is 10.1. The lowest BCUT2D eigenvalue weighted by Crippen LogP contribution is -2.16. The SMILES string of the molecule is Cc1cc(C(=O)O)cc(S(=O)(=O)Nc2ccc(Sc3nncn3C)cc2)c1C. The number of anilines is 1. The highest BCUT2D eigenvalue weighted by Gasteiger charge is 2.21. The summed E-state index contributed by atoms with van der Waals surface area (Å²) in [5.74, 6) is -1.18. The van der Waals surface area contributed by atoms with E-state index in [1.165, 1.54) is 23.9 Å². The van der Waals surface area contributed by atoms with Crippen molar-refractivity contribution < 1.29 is 18.3 Å². The summed E-state index contributed by atoms with van der Waals surface area (Å²) in [4.78, 5) is 12.1. The number of aromatic nitrogens is 3. The van der Waals surface area contributed by atoms with E-state index >= 15 is 0 Å². The summed E-state index contributed by atoms with van der Waals surface area (Å²) in [7, 11) is -2.10. The van der Waals surface area contributed by atoms with Gasteiger partial charge in [0.25, 0.3) is 10.0 Å². The minimum Gasteiger partial charge on any atom is -0.478 e. The molecule has 2 aromatic carbocycles. The maximum atomic E-state index is 12.8. The number of hydrogen-bond acceptors (Lipinski definition) is 6. The third-order valence-electron chi connectivity index (χ3n) is 4.14. The number of carboxylic acids is 1. The van der Waals surface area contributed by atoms with Crippen molar-refractivity contribution in [1.82, 2.24) is 14.8 Å². The fourth-order valence-electron chi connectivity index (χ4n) is 2.50. The van der Waals surface area contributed by atoms with E-state index in [4.69, 9.17) is 0 Å². The number of nitrogens with one attached hydrogen (secondary N) is 1. The molecule has 0 bridgehead atoms. The maximum absolute atomic E-state index is 12.8. The molecule has 28 heavy (non-hydrogen) atoms. The molecule has 0 amide bonds. The highest BCUT2D eigenvalue weighted by molar-refractivity contribution is 7.99. The number of aryl methyl sites for hydroxylation is 2.